The van der Waals surface area contributed by atoms with Gasteiger partial charge >= 0.3 is 5.97 Å². The zero-order valence-electron chi connectivity index (χ0n) is 23.7. The van der Waals surface area contributed by atoms with E-state index >= 15 is 0 Å². The van der Waals surface area contributed by atoms with Crippen LogP contribution in [-0.4, -0.2) is 35.0 Å². The summed E-state index contributed by atoms with van der Waals surface area (Å²) in [5.41, 5.74) is 1.83. The van der Waals surface area contributed by atoms with E-state index in [2.05, 4.69) is 47.3 Å². The molecular formula is C31H52O4. The van der Waals surface area contributed by atoms with Gasteiger partial charge in [-0.05, 0) is 112 Å². The molecule has 35 heavy (non-hydrogen) atoms. The quantitative estimate of drug-likeness (QED) is 0.304. The van der Waals surface area contributed by atoms with Crippen molar-refractivity contribution in [3.8, 4) is 0 Å². The van der Waals surface area contributed by atoms with E-state index in [1.807, 2.05) is 13.8 Å². The van der Waals surface area contributed by atoms with Crippen LogP contribution in [0.1, 0.15) is 106 Å². The van der Waals surface area contributed by atoms with Gasteiger partial charge in [-0.3, -0.25) is 4.79 Å². The van der Waals surface area contributed by atoms with Gasteiger partial charge in [-0.1, -0.05) is 51.5 Å². The average Bonchev–Trinajstić information content (AvgIpc) is 2.75. The Labute approximate surface area is 214 Å². The molecule has 0 unspecified atom stereocenters. The molecule has 0 amide bonds. The maximum Gasteiger partial charge on any atom is 0.305 e. The van der Waals surface area contributed by atoms with Crippen LogP contribution in [0.25, 0.3) is 0 Å². The number of esters is 1. The third-order valence-corrected chi connectivity index (χ3v) is 11.1. The van der Waals surface area contributed by atoms with Gasteiger partial charge in [-0.2, -0.15) is 0 Å². The fraction of sp³-hybridized carbons (Fsp3) is 0.839. The lowest BCUT2D eigenvalue weighted by molar-refractivity contribution is -0.143. The van der Waals surface area contributed by atoms with Crippen molar-refractivity contribution in [1.29, 1.82) is 0 Å². The Morgan fingerprint density at radius 3 is 2.40 bits per heavy atom. The Bertz CT molecular complexity index is 833. The van der Waals surface area contributed by atoms with Crippen LogP contribution in [0.15, 0.2) is 23.8 Å². The summed E-state index contributed by atoms with van der Waals surface area (Å²) in [6, 6.07) is 0. The Kier molecular flexibility index (Phi) is 8.10. The Morgan fingerprint density at radius 1 is 1.17 bits per heavy atom. The highest BCUT2D eigenvalue weighted by molar-refractivity contribution is 5.69. The molecule has 0 aromatic carbocycles. The first kappa shape index (κ1) is 28.4. The Balaban J connectivity index is 1.90. The van der Waals surface area contributed by atoms with Gasteiger partial charge in [-0.25, -0.2) is 0 Å². The number of carbonyl (C=O) groups excluding carboxylic acids is 1. The number of ether oxygens (including phenoxy) is 1. The summed E-state index contributed by atoms with van der Waals surface area (Å²) in [6.45, 7) is 19.9. The fourth-order valence-corrected chi connectivity index (χ4v) is 8.99. The SMILES string of the molecule is C=C1CC[C@H]2C(C)(C)[C@@H](O)CC[C@]2(C)[C@H]1CC[C@H]1C(C)=CC[C@@H](C(C)(C)O)[C@]1(C)CCC(=O)OC. The number of hydrogen-bond acceptors (Lipinski definition) is 4. The van der Waals surface area contributed by atoms with Crippen LogP contribution < -0.4 is 0 Å². The summed E-state index contributed by atoms with van der Waals surface area (Å²) in [4.78, 5) is 12.1. The molecule has 3 aliphatic carbocycles. The van der Waals surface area contributed by atoms with Gasteiger partial charge in [0.15, 0.2) is 0 Å². The van der Waals surface area contributed by atoms with Crippen molar-refractivity contribution in [2.24, 2.45) is 39.9 Å². The van der Waals surface area contributed by atoms with Crippen molar-refractivity contribution in [1.82, 2.24) is 0 Å². The molecule has 4 nitrogen and oxygen atoms in total. The molecule has 0 aliphatic heterocycles. The molecule has 0 bridgehead atoms. The van der Waals surface area contributed by atoms with Gasteiger partial charge in [0.05, 0.1) is 18.8 Å². The predicted molar refractivity (Wildman–Crippen MR) is 143 cm³/mol. The molecule has 200 valence electrons. The van der Waals surface area contributed by atoms with E-state index in [0.29, 0.717) is 24.2 Å². The standard InChI is InChI=1S/C31H52O4/c1-20-10-14-24-28(3,4)26(32)16-18-30(24,7)22(20)12-13-23-21(2)11-15-25(29(5,6)34)31(23,8)19-17-27(33)35-9/h11,22-26,32,34H,1,10,12-19H2,2-9H3/t22-,23-,24-,25-,26-,30+,31+/m0/s1. The molecule has 0 radical (unpaired) electrons. The van der Waals surface area contributed by atoms with E-state index in [9.17, 15) is 15.0 Å². The van der Waals surface area contributed by atoms with E-state index in [-0.39, 0.29) is 34.2 Å². The molecule has 0 saturated heterocycles. The van der Waals surface area contributed by atoms with Crippen LogP contribution in [0.5, 0.6) is 0 Å². The zero-order valence-corrected chi connectivity index (χ0v) is 23.7. The molecule has 0 aromatic rings. The smallest absolute Gasteiger partial charge is 0.305 e. The first-order chi connectivity index (χ1) is 16.1. The summed E-state index contributed by atoms with van der Waals surface area (Å²) < 4.78 is 4.99. The molecule has 4 heteroatoms. The second-order valence-electron chi connectivity index (χ2n) is 13.8. The minimum Gasteiger partial charge on any atom is -0.469 e. The molecule has 3 aliphatic rings. The molecule has 2 saturated carbocycles. The first-order valence-corrected chi connectivity index (χ1v) is 13.9. The molecule has 2 fully saturated rings. The lowest BCUT2D eigenvalue weighted by Crippen LogP contribution is -2.55. The third kappa shape index (κ3) is 5.17. The maximum absolute atomic E-state index is 12.1. The number of carbonyl (C=O) groups is 1. The lowest BCUT2D eigenvalue weighted by Gasteiger charge is -2.60. The molecule has 3 rings (SSSR count). The van der Waals surface area contributed by atoms with Crippen molar-refractivity contribution >= 4 is 5.97 Å². The molecule has 7 atom stereocenters. The lowest BCUT2D eigenvalue weighted by atomic mass is 9.46. The van der Waals surface area contributed by atoms with E-state index in [0.717, 1.165) is 51.4 Å². The van der Waals surface area contributed by atoms with Crippen molar-refractivity contribution < 1.29 is 19.7 Å². The van der Waals surface area contributed by atoms with Gasteiger partial charge in [0.25, 0.3) is 0 Å². The van der Waals surface area contributed by atoms with Crippen molar-refractivity contribution in [3.63, 3.8) is 0 Å². The number of hydrogen-bond donors (Lipinski definition) is 2. The Morgan fingerprint density at radius 2 is 1.80 bits per heavy atom. The summed E-state index contributed by atoms with van der Waals surface area (Å²) in [6.07, 6.45) is 10.2. The monoisotopic (exact) mass is 488 g/mol. The maximum atomic E-state index is 12.1. The fourth-order valence-electron chi connectivity index (χ4n) is 8.99. The van der Waals surface area contributed by atoms with Crippen molar-refractivity contribution in [2.75, 3.05) is 7.11 Å². The second-order valence-corrected chi connectivity index (χ2v) is 13.8. The highest BCUT2D eigenvalue weighted by Gasteiger charge is 2.56. The largest absolute Gasteiger partial charge is 0.469 e. The zero-order chi connectivity index (χ0) is 26.4. The second kappa shape index (κ2) is 9.97. The summed E-state index contributed by atoms with van der Waals surface area (Å²) in [5.74, 6) is 1.14. The number of fused-ring (bicyclic) bond motifs is 1. The van der Waals surface area contributed by atoms with Gasteiger partial charge in [0.2, 0.25) is 0 Å². The van der Waals surface area contributed by atoms with Gasteiger partial charge in [0, 0.05) is 6.42 Å². The average molecular weight is 489 g/mol. The van der Waals surface area contributed by atoms with E-state index < -0.39 is 5.60 Å². The molecule has 2 N–H and O–H groups in total. The topological polar surface area (TPSA) is 66.8 Å². The summed E-state index contributed by atoms with van der Waals surface area (Å²) in [5, 5.41) is 22.0. The number of methoxy groups -OCH3 is 1. The van der Waals surface area contributed by atoms with Crippen molar-refractivity contribution in [2.45, 2.75) is 118 Å². The summed E-state index contributed by atoms with van der Waals surface area (Å²) >= 11 is 0. The van der Waals surface area contributed by atoms with E-state index in [1.54, 1.807) is 0 Å². The minimum absolute atomic E-state index is 0.0757. The van der Waals surface area contributed by atoms with Crippen LogP contribution >= 0.6 is 0 Å². The first-order valence-electron chi connectivity index (χ1n) is 13.9. The number of rotatable bonds is 7. The Hall–Kier alpha value is -1.13. The summed E-state index contributed by atoms with van der Waals surface area (Å²) in [7, 11) is 1.45. The van der Waals surface area contributed by atoms with Crippen LogP contribution in [0.3, 0.4) is 0 Å². The molecule has 0 heterocycles. The minimum atomic E-state index is -0.824. The normalized spacial score (nSPS) is 39.5. The van der Waals surface area contributed by atoms with Crippen molar-refractivity contribution in [3.05, 3.63) is 23.8 Å². The predicted octanol–water partition coefficient (Wildman–Crippen LogP) is 6.85. The molecule has 0 aromatic heterocycles. The molecular weight excluding hydrogens is 436 g/mol. The van der Waals surface area contributed by atoms with Crippen LogP contribution in [0.4, 0.5) is 0 Å². The highest BCUT2D eigenvalue weighted by atomic mass is 16.5. The highest BCUT2D eigenvalue weighted by Crippen LogP contribution is 2.63. The van der Waals surface area contributed by atoms with E-state index in [1.165, 1.54) is 18.3 Å². The van der Waals surface area contributed by atoms with Crippen LogP contribution in [0, 0.1) is 39.9 Å². The number of allylic oxidation sites excluding steroid dienone is 3. The molecule has 0 spiro atoms. The van der Waals surface area contributed by atoms with Crippen LogP contribution in [-0.2, 0) is 9.53 Å². The van der Waals surface area contributed by atoms with Gasteiger partial charge in [-0.15, -0.1) is 0 Å². The third-order valence-electron chi connectivity index (χ3n) is 11.1. The number of aliphatic hydroxyl groups excluding tert-OH is 1. The van der Waals surface area contributed by atoms with E-state index in [4.69, 9.17) is 4.74 Å². The van der Waals surface area contributed by atoms with Gasteiger partial charge < -0.3 is 14.9 Å². The van der Waals surface area contributed by atoms with Gasteiger partial charge in [0.1, 0.15) is 0 Å². The van der Waals surface area contributed by atoms with Crippen LogP contribution in [0.2, 0.25) is 0 Å². The number of aliphatic hydroxyl groups is 2.